The van der Waals surface area contributed by atoms with E-state index in [0.717, 1.165) is 0 Å². The van der Waals surface area contributed by atoms with Crippen molar-refractivity contribution in [1.29, 1.82) is 0 Å². The third-order valence-corrected chi connectivity index (χ3v) is 7.56. The number of rotatable bonds is 4. The Hall–Kier alpha value is -2.24. The van der Waals surface area contributed by atoms with E-state index in [2.05, 4.69) is 133 Å². The Kier molecular flexibility index (Phi) is 8.94. The van der Waals surface area contributed by atoms with Crippen LogP contribution in [0.4, 0.5) is 0 Å². The zero-order valence-corrected chi connectivity index (χ0v) is 24.7. The summed E-state index contributed by atoms with van der Waals surface area (Å²) in [6.45, 7) is 0. The normalized spacial score (nSPS) is 11.5. The maximum atomic E-state index is 4.95. The third-order valence-electron chi connectivity index (χ3n) is 6.26. The molecule has 5 heteroatoms. The Labute approximate surface area is 237 Å². The van der Waals surface area contributed by atoms with Crippen molar-refractivity contribution < 1.29 is 13.0 Å². The van der Waals surface area contributed by atoms with Crippen LogP contribution in [0, 0.1) is 0 Å². The first-order chi connectivity index (χ1) is 18.1. The first-order valence-corrected chi connectivity index (χ1v) is 19.4. The van der Waals surface area contributed by atoms with Crippen molar-refractivity contribution >= 4 is 69.8 Å². The summed E-state index contributed by atoms with van der Waals surface area (Å²) in [4.78, 5) is 0. The van der Waals surface area contributed by atoms with Gasteiger partial charge in [-0.15, -0.1) is 0 Å². The molecule has 0 aliphatic carbocycles. The average molecular weight is 646 g/mol. The molecule has 0 heterocycles. The molecule has 0 saturated heterocycles. The van der Waals surface area contributed by atoms with E-state index in [-0.39, 0.29) is 0 Å². The van der Waals surface area contributed by atoms with Crippen molar-refractivity contribution in [3.05, 3.63) is 133 Å². The molecule has 0 N–H and O–H groups in total. The predicted molar refractivity (Wildman–Crippen MR) is 164 cm³/mol. The van der Waals surface area contributed by atoms with E-state index in [1.165, 1.54) is 54.4 Å². The summed E-state index contributed by atoms with van der Waals surface area (Å²) in [5, 5.41) is 7.87. The standard InChI is InChI=1S/C32H23P.3ClH.Ru/c1-2-15-25(16-3-1)33-31-22-10-21-30(28-19-8-13-23-11-4-6-17-26(23)28)32(31)29-20-9-14-24-12-5-7-18-27(24)29;;;;/h1-22,33H;3*1H;/q;;;;+3/p-3. The molecule has 6 rings (SSSR count). The van der Waals surface area contributed by atoms with E-state index in [9.17, 15) is 0 Å². The molecule has 0 bridgehead atoms. The molecule has 0 aliphatic heterocycles. The topological polar surface area (TPSA) is 0 Å². The molecule has 185 valence electrons. The van der Waals surface area contributed by atoms with Crippen molar-refractivity contribution in [3.63, 3.8) is 0 Å². The van der Waals surface area contributed by atoms with Gasteiger partial charge >= 0.3 is 42.1 Å². The number of hydrogen-bond donors (Lipinski definition) is 0. The largest absolute Gasteiger partial charge is 0.0622 e. The second-order valence-corrected chi connectivity index (χ2v) is 17.7. The minimum atomic E-state index is -1.75. The van der Waals surface area contributed by atoms with Gasteiger partial charge in [0.15, 0.2) is 0 Å². The van der Waals surface area contributed by atoms with Gasteiger partial charge < -0.3 is 0 Å². The van der Waals surface area contributed by atoms with E-state index in [4.69, 9.17) is 29.1 Å². The van der Waals surface area contributed by atoms with Gasteiger partial charge in [0.25, 0.3) is 0 Å². The smallest absolute Gasteiger partial charge is 0.00212 e. The Morgan fingerprint density at radius 1 is 0.432 bits per heavy atom. The van der Waals surface area contributed by atoms with Crippen LogP contribution in [-0.4, -0.2) is 0 Å². The fraction of sp³-hybridized carbons (Fsp3) is 0. The zero-order valence-electron chi connectivity index (χ0n) is 19.7. The number of benzene rings is 6. The summed E-state index contributed by atoms with van der Waals surface area (Å²) in [6, 6.07) is 48.4. The monoisotopic (exact) mass is 645 g/mol. The molecule has 0 aliphatic rings. The van der Waals surface area contributed by atoms with Gasteiger partial charge in [0, 0.05) is 0 Å². The van der Waals surface area contributed by atoms with Crippen LogP contribution in [0.15, 0.2) is 133 Å². The van der Waals surface area contributed by atoms with E-state index in [0.29, 0.717) is 8.58 Å². The van der Waals surface area contributed by atoms with Crippen molar-refractivity contribution in [1.82, 2.24) is 0 Å². The second-order valence-electron chi connectivity index (χ2n) is 8.42. The summed E-state index contributed by atoms with van der Waals surface area (Å²) in [5.74, 6) is 0. The van der Waals surface area contributed by atoms with Crippen molar-refractivity contribution in [2.24, 2.45) is 0 Å². The van der Waals surface area contributed by atoms with Gasteiger partial charge in [-0.3, -0.25) is 0 Å². The molecule has 1 atom stereocenters. The van der Waals surface area contributed by atoms with Gasteiger partial charge in [0.1, 0.15) is 0 Å². The Morgan fingerprint density at radius 3 is 1.54 bits per heavy atom. The number of halogens is 3. The second kappa shape index (κ2) is 12.5. The molecule has 0 radical (unpaired) electrons. The van der Waals surface area contributed by atoms with Gasteiger partial charge in [-0.25, -0.2) is 0 Å². The quantitative estimate of drug-likeness (QED) is 0.132. The van der Waals surface area contributed by atoms with Gasteiger partial charge in [0.05, 0.1) is 0 Å². The summed E-state index contributed by atoms with van der Waals surface area (Å²) < 4.78 is 0. The van der Waals surface area contributed by atoms with E-state index in [1.807, 2.05) is 0 Å². The summed E-state index contributed by atoms with van der Waals surface area (Å²) in [5.41, 5.74) is 5.22. The molecule has 0 aromatic heterocycles. The van der Waals surface area contributed by atoms with Crippen LogP contribution in [0.1, 0.15) is 0 Å². The average Bonchev–Trinajstić information content (AvgIpc) is 2.93. The molecular formula is C32H23Cl3PRu. The fourth-order valence-corrected chi connectivity index (χ4v) is 6.00. The van der Waals surface area contributed by atoms with Crippen molar-refractivity contribution in [2.45, 2.75) is 0 Å². The molecule has 0 amide bonds. The van der Waals surface area contributed by atoms with Crippen molar-refractivity contribution in [2.75, 3.05) is 0 Å². The molecule has 0 saturated carbocycles. The zero-order chi connectivity index (χ0) is 25.6. The van der Waals surface area contributed by atoms with Crippen LogP contribution in [0.5, 0.6) is 0 Å². The first-order valence-electron chi connectivity index (χ1n) is 11.7. The van der Waals surface area contributed by atoms with E-state index < -0.39 is 13.0 Å². The predicted octanol–water partition coefficient (Wildman–Crippen LogP) is 10.0. The van der Waals surface area contributed by atoms with E-state index >= 15 is 0 Å². The van der Waals surface area contributed by atoms with Crippen LogP contribution in [-0.2, 0) is 13.0 Å². The summed E-state index contributed by atoms with van der Waals surface area (Å²) in [6.07, 6.45) is 0. The maximum Gasteiger partial charge on any atom is -0.00212 e. The van der Waals surface area contributed by atoms with Crippen LogP contribution in [0.2, 0.25) is 0 Å². The molecule has 0 spiro atoms. The molecule has 0 nitrogen and oxygen atoms in total. The Balaban J connectivity index is 0.000000655. The van der Waals surface area contributed by atoms with Gasteiger partial charge in [-0.05, 0) is 54.4 Å². The molecule has 6 aromatic rings. The van der Waals surface area contributed by atoms with Crippen LogP contribution >= 0.6 is 37.7 Å². The van der Waals surface area contributed by atoms with Crippen LogP contribution in [0.3, 0.4) is 0 Å². The summed E-state index contributed by atoms with van der Waals surface area (Å²) in [7, 11) is 15.4. The van der Waals surface area contributed by atoms with Crippen LogP contribution in [0.25, 0.3) is 43.8 Å². The van der Waals surface area contributed by atoms with Crippen molar-refractivity contribution in [3.8, 4) is 22.3 Å². The molecule has 0 fully saturated rings. The van der Waals surface area contributed by atoms with Gasteiger partial charge in [-0.2, -0.15) is 0 Å². The van der Waals surface area contributed by atoms with Gasteiger partial charge in [0.2, 0.25) is 0 Å². The minimum Gasteiger partial charge on any atom is -0.0622 e. The minimum absolute atomic E-state index is 0.590. The van der Waals surface area contributed by atoms with E-state index in [1.54, 1.807) is 0 Å². The summed E-state index contributed by atoms with van der Waals surface area (Å²) >= 11 is -1.75. The van der Waals surface area contributed by atoms with Gasteiger partial charge in [-0.1, -0.05) is 142 Å². The fourth-order valence-electron chi connectivity index (χ4n) is 4.75. The SMILES string of the molecule is [Cl][Ru]([Cl])[Cl].c1ccc(Pc2cccc(-c3cccc4ccccc34)c2-c2cccc3ccccc23)cc1. The molecule has 1 unspecified atom stereocenters. The number of fused-ring (bicyclic) bond motifs is 2. The Morgan fingerprint density at radius 2 is 0.892 bits per heavy atom. The molecular weight excluding hydrogens is 623 g/mol. The third kappa shape index (κ3) is 6.26. The molecule has 6 aromatic carbocycles. The molecule has 37 heavy (non-hydrogen) atoms. The number of hydrogen-bond acceptors (Lipinski definition) is 0. The Bertz CT molecular complexity index is 1640. The maximum absolute atomic E-state index is 4.95. The first kappa shape index (κ1) is 26.4. The van der Waals surface area contributed by atoms with Crippen LogP contribution < -0.4 is 10.6 Å².